The summed E-state index contributed by atoms with van der Waals surface area (Å²) in [6.45, 7) is 1.48. The fourth-order valence-electron chi connectivity index (χ4n) is 1.61. The van der Waals surface area contributed by atoms with Crippen molar-refractivity contribution >= 4 is 15.9 Å². The average Bonchev–Trinajstić information content (AvgIpc) is 2.30. The molecule has 0 N–H and O–H groups in total. The van der Waals surface area contributed by atoms with E-state index < -0.39 is 0 Å². The van der Waals surface area contributed by atoms with Crippen molar-refractivity contribution in [1.82, 2.24) is 0 Å². The predicted molar refractivity (Wildman–Crippen MR) is 62.5 cm³/mol. The van der Waals surface area contributed by atoms with Gasteiger partial charge < -0.3 is 9.47 Å². The summed E-state index contributed by atoms with van der Waals surface area (Å²) in [7, 11) is 0. The molecule has 1 fully saturated rings. The maximum atomic E-state index is 5.67. The Morgan fingerprint density at radius 3 is 2.73 bits per heavy atom. The molecule has 0 aromatic heterocycles. The summed E-state index contributed by atoms with van der Waals surface area (Å²) in [6.07, 6.45) is 3.40. The minimum Gasteiger partial charge on any atom is -0.353 e. The number of halogens is 1. The molecule has 0 unspecified atom stereocenters. The zero-order valence-electron chi connectivity index (χ0n) is 8.62. The summed E-state index contributed by atoms with van der Waals surface area (Å²) >= 11 is 3.41. The van der Waals surface area contributed by atoms with E-state index >= 15 is 0 Å². The van der Waals surface area contributed by atoms with Crippen molar-refractivity contribution in [2.45, 2.75) is 32.2 Å². The molecule has 1 aliphatic rings. The lowest BCUT2D eigenvalue weighted by atomic mass is 10.2. The van der Waals surface area contributed by atoms with E-state index in [0.29, 0.717) is 6.61 Å². The van der Waals surface area contributed by atoms with Crippen LogP contribution in [0.1, 0.15) is 24.8 Å². The molecule has 0 spiro atoms. The van der Waals surface area contributed by atoms with E-state index in [1.165, 1.54) is 12.0 Å². The van der Waals surface area contributed by atoms with Crippen LogP contribution in [-0.2, 0) is 16.1 Å². The summed E-state index contributed by atoms with van der Waals surface area (Å²) in [4.78, 5) is 0. The van der Waals surface area contributed by atoms with Gasteiger partial charge in [0.15, 0.2) is 6.29 Å². The molecule has 0 amide bonds. The molecule has 0 radical (unpaired) electrons. The second kappa shape index (κ2) is 5.64. The smallest absolute Gasteiger partial charge is 0.158 e. The van der Waals surface area contributed by atoms with Crippen molar-refractivity contribution in [3.8, 4) is 0 Å². The number of benzene rings is 1. The standard InChI is InChI=1S/C12H15BrO2/c13-11-6-4-10(5-7-11)9-15-12-3-1-2-8-14-12/h4-7,12H,1-3,8-9H2/t12-/m0/s1. The van der Waals surface area contributed by atoms with Gasteiger partial charge in [0, 0.05) is 11.1 Å². The first-order chi connectivity index (χ1) is 7.34. The van der Waals surface area contributed by atoms with Gasteiger partial charge in [-0.1, -0.05) is 28.1 Å². The highest BCUT2D eigenvalue weighted by Gasteiger charge is 2.13. The third-order valence-corrected chi connectivity index (χ3v) is 3.02. The summed E-state index contributed by atoms with van der Waals surface area (Å²) < 4.78 is 12.3. The first-order valence-corrected chi connectivity index (χ1v) is 6.11. The first-order valence-electron chi connectivity index (χ1n) is 5.32. The van der Waals surface area contributed by atoms with Crippen molar-refractivity contribution in [2.24, 2.45) is 0 Å². The third-order valence-electron chi connectivity index (χ3n) is 2.49. The van der Waals surface area contributed by atoms with E-state index in [2.05, 4.69) is 28.1 Å². The SMILES string of the molecule is Brc1ccc(CO[C@H]2CCCCO2)cc1. The van der Waals surface area contributed by atoms with Crippen molar-refractivity contribution in [3.63, 3.8) is 0 Å². The van der Waals surface area contributed by atoms with Crippen LogP contribution >= 0.6 is 15.9 Å². The van der Waals surface area contributed by atoms with Crippen molar-refractivity contribution < 1.29 is 9.47 Å². The van der Waals surface area contributed by atoms with Crippen LogP contribution in [-0.4, -0.2) is 12.9 Å². The zero-order valence-corrected chi connectivity index (χ0v) is 10.2. The predicted octanol–water partition coefficient (Wildman–Crippen LogP) is 3.49. The monoisotopic (exact) mass is 270 g/mol. The molecule has 0 aliphatic carbocycles. The van der Waals surface area contributed by atoms with Gasteiger partial charge in [-0.2, -0.15) is 0 Å². The van der Waals surface area contributed by atoms with Crippen LogP contribution in [0.4, 0.5) is 0 Å². The Hall–Kier alpha value is -0.380. The van der Waals surface area contributed by atoms with E-state index in [-0.39, 0.29) is 6.29 Å². The van der Waals surface area contributed by atoms with Gasteiger partial charge in [0.2, 0.25) is 0 Å². The molecule has 1 aromatic rings. The first kappa shape index (κ1) is 11.1. The van der Waals surface area contributed by atoms with Gasteiger partial charge >= 0.3 is 0 Å². The topological polar surface area (TPSA) is 18.5 Å². The summed E-state index contributed by atoms with van der Waals surface area (Å²) in [5, 5.41) is 0. The quantitative estimate of drug-likeness (QED) is 0.837. The molecule has 1 aromatic carbocycles. The van der Waals surface area contributed by atoms with Gasteiger partial charge in [-0.3, -0.25) is 0 Å². The number of hydrogen-bond acceptors (Lipinski definition) is 2. The maximum absolute atomic E-state index is 5.67. The van der Waals surface area contributed by atoms with Gasteiger partial charge in [0.1, 0.15) is 0 Å². The van der Waals surface area contributed by atoms with E-state index in [0.717, 1.165) is 23.9 Å². The molecule has 1 heterocycles. The van der Waals surface area contributed by atoms with Gasteiger partial charge in [-0.25, -0.2) is 0 Å². The molecule has 3 heteroatoms. The lowest BCUT2D eigenvalue weighted by Gasteiger charge is -2.22. The summed E-state index contributed by atoms with van der Waals surface area (Å²) in [5.74, 6) is 0. The highest BCUT2D eigenvalue weighted by atomic mass is 79.9. The Kier molecular flexibility index (Phi) is 4.18. The molecule has 82 valence electrons. The van der Waals surface area contributed by atoms with Gasteiger partial charge in [-0.15, -0.1) is 0 Å². The van der Waals surface area contributed by atoms with Crippen LogP contribution in [0, 0.1) is 0 Å². The van der Waals surface area contributed by atoms with Crippen molar-refractivity contribution in [1.29, 1.82) is 0 Å². The van der Waals surface area contributed by atoms with E-state index in [4.69, 9.17) is 9.47 Å². The van der Waals surface area contributed by atoms with Crippen LogP contribution in [0.3, 0.4) is 0 Å². The minimum absolute atomic E-state index is 0.00222. The Bertz CT molecular complexity index is 291. The van der Waals surface area contributed by atoms with Gasteiger partial charge in [-0.05, 0) is 37.0 Å². The molecular weight excluding hydrogens is 256 g/mol. The number of hydrogen-bond donors (Lipinski definition) is 0. The molecule has 1 atom stereocenters. The van der Waals surface area contributed by atoms with Crippen molar-refractivity contribution in [3.05, 3.63) is 34.3 Å². The molecule has 2 nitrogen and oxygen atoms in total. The Morgan fingerprint density at radius 2 is 2.07 bits per heavy atom. The molecule has 15 heavy (non-hydrogen) atoms. The average molecular weight is 271 g/mol. The summed E-state index contributed by atoms with van der Waals surface area (Å²) in [5.41, 5.74) is 1.19. The third kappa shape index (κ3) is 3.59. The lowest BCUT2D eigenvalue weighted by Crippen LogP contribution is -2.21. The maximum Gasteiger partial charge on any atom is 0.158 e. The highest BCUT2D eigenvalue weighted by molar-refractivity contribution is 9.10. The fourth-order valence-corrected chi connectivity index (χ4v) is 1.88. The molecular formula is C12H15BrO2. The van der Waals surface area contributed by atoms with E-state index in [1.807, 2.05) is 12.1 Å². The van der Waals surface area contributed by atoms with Crippen LogP contribution in [0.25, 0.3) is 0 Å². The molecule has 1 saturated heterocycles. The Morgan fingerprint density at radius 1 is 1.27 bits per heavy atom. The van der Waals surface area contributed by atoms with Gasteiger partial charge in [0.05, 0.1) is 6.61 Å². The van der Waals surface area contributed by atoms with Crippen LogP contribution < -0.4 is 0 Å². The second-order valence-electron chi connectivity index (χ2n) is 3.73. The van der Waals surface area contributed by atoms with E-state index in [9.17, 15) is 0 Å². The fraction of sp³-hybridized carbons (Fsp3) is 0.500. The van der Waals surface area contributed by atoms with Crippen LogP contribution in [0.2, 0.25) is 0 Å². The summed E-state index contributed by atoms with van der Waals surface area (Å²) in [6, 6.07) is 8.18. The Labute approximate surface area is 98.7 Å². The van der Waals surface area contributed by atoms with Crippen molar-refractivity contribution in [2.75, 3.05) is 6.61 Å². The Balaban J connectivity index is 1.79. The number of rotatable bonds is 3. The van der Waals surface area contributed by atoms with Crippen LogP contribution in [0.5, 0.6) is 0 Å². The number of ether oxygens (including phenoxy) is 2. The molecule has 0 bridgehead atoms. The normalized spacial score (nSPS) is 21.5. The van der Waals surface area contributed by atoms with E-state index in [1.54, 1.807) is 0 Å². The highest BCUT2D eigenvalue weighted by Crippen LogP contribution is 2.16. The second-order valence-corrected chi connectivity index (χ2v) is 4.65. The molecule has 2 rings (SSSR count). The zero-order chi connectivity index (χ0) is 10.5. The minimum atomic E-state index is 0.00222. The lowest BCUT2D eigenvalue weighted by molar-refractivity contribution is -0.168. The molecule has 1 aliphatic heterocycles. The molecule has 0 saturated carbocycles. The van der Waals surface area contributed by atoms with Gasteiger partial charge in [0.25, 0.3) is 0 Å². The largest absolute Gasteiger partial charge is 0.353 e. The van der Waals surface area contributed by atoms with Crippen LogP contribution in [0.15, 0.2) is 28.7 Å².